The molecule has 3 nitrogen and oxygen atoms in total. The molecular weight excluding hydrogens is 275 g/mol. The van der Waals surface area contributed by atoms with Crippen LogP contribution in [0, 0.1) is 12.7 Å². The molecule has 0 atom stereocenters. The van der Waals surface area contributed by atoms with Crippen LogP contribution in [0.3, 0.4) is 0 Å². The second-order valence-electron chi connectivity index (χ2n) is 4.48. The summed E-state index contributed by atoms with van der Waals surface area (Å²) in [5, 5.41) is 0. The number of nitrogens with two attached hydrogens (primary N) is 2. The zero-order chi connectivity index (χ0) is 14.7. The molecule has 0 bridgehead atoms. The highest BCUT2D eigenvalue weighted by Gasteiger charge is 2.08. The van der Waals surface area contributed by atoms with Crippen molar-refractivity contribution < 1.29 is 9.18 Å². The van der Waals surface area contributed by atoms with Crippen molar-refractivity contribution in [1.29, 1.82) is 0 Å². The van der Waals surface area contributed by atoms with Crippen LogP contribution in [-0.4, -0.2) is 5.91 Å². The van der Waals surface area contributed by atoms with E-state index in [1.165, 1.54) is 23.9 Å². The Kier molecular flexibility index (Phi) is 4.29. The van der Waals surface area contributed by atoms with E-state index in [-0.39, 0.29) is 5.56 Å². The first-order chi connectivity index (χ1) is 9.47. The number of benzene rings is 2. The lowest BCUT2D eigenvalue weighted by Crippen LogP contribution is -2.11. The number of thioether (sulfide) groups is 1. The fraction of sp³-hybridized carbons (Fsp3) is 0.133. The van der Waals surface area contributed by atoms with E-state index in [1.807, 2.05) is 25.1 Å². The van der Waals surface area contributed by atoms with Gasteiger partial charge in [0, 0.05) is 21.9 Å². The molecule has 0 aliphatic carbocycles. The number of amides is 1. The average molecular weight is 290 g/mol. The summed E-state index contributed by atoms with van der Waals surface area (Å²) >= 11 is 1.51. The third kappa shape index (κ3) is 3.30. The number of hydrogen-bond donors (Lipinski definition) is 2. The fourth-order valence-electron chi connectivity index (χ4n) is 1.72. The zero-order valence-electron chi connectivity index (χ0n) is 11.0. The van der Waals surface area contributed by atoms with E-state index in [2.05, 4.69) is 0 Å². The minimum atomic E-state index is -0.628. The molecule has 1 amide bonds. The molecule has 0 spiro atoms. The van der Waals surface area contributed by atoms with Crippen LogP contribution in [-0.2, 0) is 5.75 Å². The van der Waals surface area contributed by atoms with Gasteiger partial charge in [0.1, 0.15) is 5.82 Å². The Morgan fingerprint density at radius 2 is 2.00 bits per heavy atom. The average Bonchev–Trinajstić information content (AvgIpc) is 2.41. The van der Waals surface area contributed by atoms with Gasteiger partial charge in [0.2, 0.25) is 5.91 Å². The highest BCUT2D eigenvalue weighted by Crippen LogP contribution is 2.26. The molecule has 2 aromatic rings. The molecule has 2 aromatic carbocycles. The van der Waals surface area contributed by atoms with Gasteiger partial charge in [-0.3, -0.25) is 4.79 Å². The van der Waals surface area contributed by atoms with Crippen LogP contribution >= 0.6 is 11.8 Å². The number of nitrogen functional groups attached to an aromatic ring is 1. The molecular formula is C15H15FN2OS. The molecule has 0 saturated heterocycles. The number of primary amides is 1. The van der Waals surface area contributed by atoms with Gasteiger partial charge in [-0.1, -0.05) is 6.07 Å². The van der Waals surface area contributed by atoms with Crippen molar-refractivity contribution in [2.45, 2.75) is 17.6 Å². The van der Waals surface area contributed by atoms with Crippen molar-refractivity contribution in [3.8, 4) is 0 Å². The number of halogens is 1. The molecule has 0 fully saturated rings. The van der Waals surface area contributed by atoms with Crippen molar-refractivity contribution in [2.75, 3.05) is 5.73 Å². The highest BCUT2D eigenvalue weighted by atomic mass is 32.2. The molecule has 0 aliphatic rings. The number of rotatable bonds is 4. The SMILES string of the molecule is Cc1cc(SCc2ccc(C(N)=O)cc2F)ccc1N. The van der Waals surface area contributed by atoms with E-state index in [9.17, 15) is 9.18 Å². The van der Waals surface area contributed by atoms with E-state index in [4.69, 9.17) is 11.5 Å². The lowest BCUT2D eigenvalue weighted by molar-refractivity contribution is 0.1000. The molecule has 2 rings (SSSR count). The molecule has 0 aliphatic heterocycles. The fourth-order valence-corrected chi connectivity index (χ4v) is 2.70. The normalized spacial score (nSPS) is 10.5. The number of anilines is 1. The van der Waals surface area contributed by atoms with Crippen molar-refractivity contribution in [3.05, 3.63) is 58.9 Å². The molecule has 0 radical (unpaired) electrons. The molecule has 0 aromatic heterocycles. The number of hydrogen-bond acceptors (Lipinski definition) is 3. The van der Waals surface area contributed by atoms with Crippen molar-refractivity contribution in [1.82, 2.24) is 0 Å². The Labute approximate surface area is 121 Å². The standard InChI is InChI=1S/C15H15FN2OS/c1-9-6-12(4-5-14(9)17)20-8-11-3-2-10(15(18)19)7-13(11)16/h2-7H,8,17H2,1H3,(H2,18,19). The topological polar surface area (TPSA) is 69.1 Å². The molecule has 20 heavy (non-hydrogen) atoms. The van der Waals surface area contributed by atoms with Crippen LogP contribution in [0.25, 0.3) is 0 Å². The summed E-state index contributed by atoms with van der Waals surface area (Å²) in [6, 6.07) is 10.0. The maximum Gasteiger partial charge on any atom is 0.248 e. The van der Waals surface area contributed by atoms with Gasteiger partial charge in [0.15, 0.2) is 0 Å². The van der Waals surface area contributed by atoms with Crippen LogP contribution in [0.1, 0.15) is 21.5 Å². The lowest BCUT2D eigenvalue weighted by atomic mass is 10.1. The van der Waals surface area contributed by atoms with Gasteiger partial charge in [0.25, 0.3) is 0 Å². The van der Waals surface area contributed by atoms with Crippen LogP contribution in [0.2, 0.25) is 0 Å². The number of aryl methyl sites for hydroxylation is 1. The van der Waals surface area contributed by atoms with Gasteiger partial charge in [-0.25, -0.2) is 4.39 Å². The van der Waals surface area contributed by atoms with Crippen LogP contribution in [0.5, 0.6) is 0 Å². The maximum atomic E-state index is 13.8. The van der Waals surface area contributed by atoms with Crippen LogP contribution < -0.4 is 11.5 Å². The Balaban J connectivity index is 2.10. The second kappa shape index (κ2) is 5.96. The van der Waals surface area contributed by atoms with Crippen molar-refractivity contribution >= 4 is 23.4 Å². The Hall–Kier alpha value is -2.01. The summed E-state index contributed by atoms with van der Waals surface area (Å²) in [6.45, 7) is 1.93. The first-order valence-corrected chi connectivity index (χ1v) is 7.03. The molecule has 0 saturated carbocycles. The van der Waals surface area contributed by atoms with Gasteiger partial charge in [-0.2, -0.15) is 0 Å². The summed E-state index contributed by atoms with van der Waals surface area (Å²) in [7, 11) is 0. The minimum Gasteiger partial charge on any atom is -0.399 e. The first-order valence-electron chi connectivity index (χ1n) is 6.04. The molecule has 0 heterocycles. The van der Waals surface area contributed by atoms with Gasteiger partial charge in [-0.05, 0) is 48.4 Å². The summed E-state index contributed by atoms with van der Waals surface area (Å²) in [4.78, 5) is 12.0. The monoisotopic (exact) mass is 290 g/mol. The second-order valence-corrected chi connectivity index (χ2v) is 5.53. The Morgan fingerprint density at radius 1 is 1.25 bits per heavy atom. The lowest BCUT2D eigenvalue weighted by Gasteiger charge is -2.07. The number of carbonyl (C=O) groups excluding carboxylic acids is 1. The van der Waals surface area contributed by atoms with E-state index in [0.29, 0.717) is 11.3 Å². The van der Waals surface area contributed by atoms with Gasteiger partial charge < -0.3 is 11.5 Å². The molecule has 104 valence electrons. The van der Waals surface area contributed by atoms with E-state index >= 15 is 0 Å². The highest BCUT2D eigenvalue weighted by molar-refractivity contribution is 7.98. The first kappa shape index (κ1) is 14.4. The Bertz CT molecular complexity index is 658. The molecule has 5 heteroatoms. The third-order valence-electron chi connectivity index (χ3n) is 2.97. The van der Waals surface area contributed by atoms with Crippen molar-refractivity contribution in [2.24, 2.45) is 5.73 Å². The van der Waals surface area contributed by atoms with Crippen LogP contribution in [0.15, 0.2) is 41.3 Å². The predicted molar refractivity (Wildman–Crippen MR) is 80.1 cm³/mol. The van der Waals surface area contributed by atoms with E-state index in [1.54, 1.807) is 6.07 Å². The quantitative estimate of drug-likeness (QED) is 0.671. The van der Waals surface area contributed by atoms with Gasteiger partial charge >= 0.3 is 0 Å². The summed E-state index contributed by atoms with van der Waals surface area (Å²) in [6.07, 6.45) is 0. The summed E-state index contributed by atoms with van der Waals surface area (Å²) < 4.78 is 13.8. The Morgan fingerprint density at radius 3 is 2.60 bits per heavy atom. The summed E-state index contributed by atoms with van der Waals surface area (Å²) in [5.74, 6) is -0.563. The number of carbonyl (C=O) groups is 1. The zero-order valence-corrected chi connectivity index (χ0v) is 11.8. The van der Waals surface area contributed by atoms with Crippen molar-refractivity contribution in [3.63, 3.8) is 0 Å². The molecule has 4 N–H and O–H groups in total. The predicted octanol–water partition coefficient (Wildman–Crippen LogP) is 3.11. The van der Waals surface area contributed by atoms with Gasteiger partial charge in [-0.15, -0.1) is 11.8 Å². The minimum absolute atomic E-state index is 0.180. The van der Waals surface area contributed by atoms with E-state index in [0.717, 1.165) is 16.1 Å². The smallest absolute Gasteiger partial charge is 0.248 e. The summed E-state index contributed by atoms with van der Waals surface area (Å²) in [5.41, 5.74) is 13.3. The van der Waals surface area contributed by atoms with E-state index < -0.39 is 11.7 Å². The van der Waals surface area contributed by atoms with Crippen LogP contribution in [0.4, 0.5) is 10.1 Å². The third-order valence-corrected chi connectivity index (χ3v) is 4.02. The largest absolute Gasteiger partial charge is 0.399 e. The maximum absolute atomic E-state index is 13.8. The van der Waals surface area contributed by atoms with Gasteiger partial charge in [0.05, 0.1) is 0 Å². The molecule has 0 unspecified atom stereocenters.